The quantitative estimate of drug-likeness (QED) is 0.531. The first-order valence-corrected chi connectivity index (χ1v) is 10.2. The summed E-state index contributed by atoms with van der Waals surface area (Å²) in [6.07, 6.45) is 2.55. The lowest BCUT2D eigenvalue weighted by Crippen LogP contribution is -2.18. The summed E-state index contributed by atoms with van der Waals surface area (Å²) in [6.45, 7) is 3.68. The molecule has 30 heavy (non-hydrogen) atoms. The van der Waals surface area contributed by atoms with E-state index in [-0.39, 0.29) is 11.6 Å². The van der Waals surface area contributed by atoms with Crippen LogP contribution in [0.5, 0.6) is 0 Å². The molecule has 0 unspecified atom stereocenters. The van der Waals surface area contributed by atoms with Gasteiger partial charge in [0, 0.05) is 18.5 Å². The largest absolute Gasteiger partial charge is 0.475 e. The van der Waals surface area contributed by atoms with Crippen LogP contribution in [0.15, 0.2) is 48.5 Å². The number of likely N-dealkylation sites (tertiary alicyclic amines) is 1. The monoisotopic (exact) mass is 401 g/mol. The lowest BCUT2D eigenvalue weighted by molar-refractivity contribution is 0.0679. The Balaban J connectivity index is 1.56. The second-order valence-electron chi connectivity index (χ2n) is 7.84. The Morgan fingerprint density at radius 3 is 2.33 bits per heavy atom. The number of anilines is 1. The highest BCUT2D eigenvalue weighted by Gasteiger charge is 2.21. The van der Waals surface area contributed by atoms with Crippen LogP contribution in [-0.2, 0) is 13.1 Å². The van der Waals surface area contributed by atoms with E-state index in [0.717, 1.165) is 36.1 Å². The smallest absolute Gasteiger partial charge is 0.372 e. The molecule has 3 heterocycles. The number of aromatic nitrogens is 3. The normalized spacial score (nSPS) is 14.7. The van der Waals surface area contributed by atoms with Gasteiger partial charge in [-0.05, 0) is 43.1 Å². The summed E-state index contributed by atoms with van der Waals surface area (Å²) in [5.74, 6) is -0.873. The molecule has 1 fully saturated rings. The molecule has 5 rings (SSSR count). The van der Waals surface area contributed by atoms with Gasteiger partial charge < -0.3 is 15.4 Å². The summed E-state index contributed by atoms with van der Waals surface area (Å²) in [6, 6.07) is 16.0. The number of carbonyl (C=O) groups is 1. The summed E-state index contributed by atoms with van der Waals surface area (Å²) in [5.41, 5.74) is 10.3. The van der Waals surface area contributed by atoms with E-state index in [0.29, 0.717) is 17.6 Å². The maximum Gasteiger partial charge on any atom is 0.372 e. The van der Waals surface area contributed by atoms with Crippen molar-refractivity contribution in [2.45, 2.75) is 25.9 Å². The van der Waals surface area contributed by atoms with Crippen LogP contribution in [0.1, 0.15) is 34.6 Å². The van der Waals surface area contributed by atoms with Crippen molar-refractivity contribution >= 4 is 33.7 Å². The van der Waals surface area contributed by atoms with E-state index < -0.39 is 5.97 Å². The number of benzene rings is 2. The molecule has 0 radical (unpaired) electrons. The molecule has 0 saturated carbocycles. The van der Waals surface area contributed by atoms with Gasteiger partial charge in [-0.15, -0.1) is 0 Å². The fraction of sp³-hybridized carbons (Fsp3) is 0.261. The molecule has 0 amide bonds. The Morgan fingerprint density at radius 2 is 1.63 bits per heavy atom. The molecule has 1 aliphatic heterocycles. The van der Waals surface area contributed by atoms with Crippen molar-refractivity contribution in [3.8, 4) is 0 Å². The number of nitrogen functional groups attached to an aromatic ring is 1. The first-order valence-electron chi connectivity index (χ1n) is 10.2. The van der Waals surface area contributed by atoms with Crippen LogP contribution in [0, 0.1) is 0 Å². The fourth-order valence-corrected chi connectivity index (χ4v) is 4.31. The summed E-state index contributed by atoms with van der Waals surface area (Å²) < 4.78 is 1.73. The van der Waals surface area contributed by atoms with Crippen LogP contribution < -0.4 is 5.73 Å². The predicted octanol–water partition coefficient (Wildman–Crippen LogP) is 3.51. The van der Waals surface area contributed by atoms with Gasteiger partial charge in [0.15, 0.2) is 5.82 Å². The summed E-state index contributed by atoms with van der Waals surface area (Å²) in [7, 11) is 0. The Labute approximate surface area is 173 Å². The predicted molar refractivity (Wildman–Crippen MR) is 116 cm³/mol. The zero-order chi connectivity index (χ0) is 20.7. The molecule has 2 aromatic heterocycles. The molecule has 1 saturated heterocycles. The summed E-state index contributed by atoms with van der Waals surface area (Å²) in [5, 5.41) is 10.6. The fourth-order valence-electron chi connectivity index (χ4n) is 4.31. The van der Waals surface area contributed by atoms with Crippen LogP contribution in [0.4, 0.5) is 5.82 Å². The van der Waals surface area contributed by atoms with E-state index in [9.17, 15) is 9.90 Å². The van der Waals surface area contributed by atoms with E-state index in [1.165, 1.54) is 18.4 Å². The lowest BCUT2D eigenvalue weighted by Gasteiger charge is -2.15. The molecular weight excluding hydrogens is 378 g/mol. The van der Waals surface area contributed by atoms with Gasteiger partial charge in [-0.1, -0.05) is 42.5 Å². The van der Waals surface area contributed by atoms with Gasteiger partial charge in [0.25, 0.3) is 0 Å². The Morgan fingerprint density at radius 1 is 0.967 bits per heavy atom. The highest BCUT2D eigenvalue weighted by atomic mass is 16.4. The minimum Gasteiger partial charge on any atom is -0.475 e. The van der Waals surface area contributed by atoms with Crippen molar-refractivity contribution in [2.24, 2.45) is 0 Å². The number of nitrogens with zero attached hydrogens (tertiary/aromatic N) is 4. The van der Waals surface area contributed by atoms with Gasteiger partial charge in [0.1, 0.15) is 5.52 Å². The molecule has 0 spiro atoms. The Bertz CT molecular complexity index is 1240. The van der Waals surface area contributed by atoms with Crippen LogP contribution in [0.3, 0.4) is 0 Å². The van der Waals surface area contributed by atoms with Crippen molar-refractivity contribution < 1.29 is 9.90 Å². The van der Waals surface area contributed by atoms with E-state index in [1.807, 2.05) is 24.3 Å². The van der Waals surface area contributed by atoms with E-state index in [2.05, 4.69) is 39.1 Å². The van der Waals surface area contributed by atoms with E-state index >= 15 is 0 Å². The third-order valence-electron chi connectivity index (χ3n) is 5.77. The molecule has 7 heteroatoms. The number of para-hydroxylation sites is 1. The summed E-state index contributed by atoms with van der Waals surface area (Å²) in [4.78, 5) is 23.1. The van der Waals surface area contributed by atoms with Crippen LogP contribution in [0.25, 0.3) is 21.9 Å². The van der Waals surface area contributed by atoms with E-state index in [1.54, 1.807) is 4.57 Å². The van der Waals surface area contributed by atoms with Crippen molar-refractivity contribution in [2.75, 3.05) is 18.8 Å². The van der Waals surface area contributed by atoms with Crippen LogP contribution >= 0.6 is 0 Å². The second-order valence-corrected chi connectivity index (χ2v) is 7.84. The number of aromatic carboxylic acids is 1. The van der Waals surface area contributed by atoms with Gasteiger partial charge in [-0.2, -0.15) is 0 Å². The maximum absolute atomic E-state index is 11.9. The van der Waals surface area contributed by atoms with Gasteiger partial charge in [0.2, 0.25) is 5.82 Å². The minimum atomic E-state index is -1.08. The molecule has 1 aliphatic rings. The van der Waals surface area contributed by atoms with Crippen molar-refractivity contribution in [3.63, 3.8) is 0 Å². The summed E-state index contributed by atoms with van der Waals surface area (Å²) >= 11 is 0. The number of fused-ring (bicyclic) bond motifs is 3. The van der Waals surface area contributed by atoms with Crippen molar-refractivity contribution in [1.82, 2.24) is 19.4 Å². The molecule has 0 aliphatic carbocycles. The van der Waals surface area contributed by atoms with E-state index in [4.69, 9.17) is 5.73 Å². The molecule has 7 nitrogen and oxygen atoms in total. The molecule has 3 N–H and O–H groups in total. The second kappa shape index (κ2) is 7.42. The molecule has 0 atom stereocenters. The van der Waals surface area contributed by atoms with Gasteiger partial charge in [0.05, 0.1) is 11.0 Å². The molecule has 2 aromatic carbocycles. The number of pyridine rings is 1. The highest BCUT2D eigenvalue weighted by molar-refractivity contribution is 6.08. The number of hydrogen-bond donors (Lipinski definition) is 2. The zero-order valence-electron chi connectivity index (χ0n) is 16.6. The number of hydrogen-bond acceptors (Lipinski definition) is 5. The van der Waals surface area contributed by atoms with Gasteiger partial charge >= 0.3 is 5.97 Å². The Hall–Kier alpha value is -3.45. The van der Waals surface area contributed by atoms with Crippen molar-refractivity contribution in [3.05, 3.63) is 65.5 Å². The average molecular weight is 401 g/mol. The zero-order valence-corrected chi connectivity index (χ0v) is 16.6. The Kier molecular flexibility index (Phi) is 4.59. The average Bonchev–Trinajstić information content (AvgIpc) is 3.38. The maximum atomic E-state index is 11.9. The molecule has 4 aromatic rings. The molecule has 0 bridgehead atoms. The van der Waals surface area contributed by atoms with Gasteiger partial charge in [-0.3, -0.25) is 4.90 Å². The van der Waals surface area contributed by atoms with Crippen molar-refractivity contribution in [1.29, 1.82) is 0 Å². The molecular formula is C23H23N5O2. The lowest BCUT2D eigenvalue weighted by atomic mass is 10.1. The van der Waals surface area contributed by atoms with Crippen LogP contribution in [-0.4, -0.2) is 43.6 Å². The standard InChI is InChI=1S/C23H23N5O2/c24-21-19-20(17-5-1-2-6-18(17)25-21)28(22(26-19)23(29)30)14-16-9-7-15(8-10-16)13-27-11-3-4-12-27/h1-2,5-10H,3-4,11-14H2,(H2,24,25)(H,29,30). The third-order valence-corrected chi connectivity index (χ3v) is 5.77. The van der Waals surface area contributed by atoms with Gasteiger partial charge in [-0.25, -0.2) is 14.8 Å². The molecule has 152 valence electrons. The number of imidazole rings is 1. The topological polar surface area (TPSA) is 97.3 Å². The number of rotatable bonds is 5. The van der Waals surface area contributed by atoms with Crippen LogP contribution in [0.2, 0.25) is 0 Å². The first-order chi connectivity index (χ1) is 14.6. The third kappa shape index (κ3) is 3.27. The highest BCUT2D eigenvalue weighted by Crippen LogP contribution is 2.29. The first kappa shape index (κ1) is 18.6. The SMILES string of the molecule is Nc1nc2ccccc2c2c1nc(C(=O)O)n2Cc1ccc(CN2CCCC2)cc1. The number of carboxylic acid groups (broad SMARTS) is 1. The number of nitrogens with two attached hydrogens (primary N) is 1. The number of carboxylic acids is 1. The minimum absolute atomic E-state index is 0.0315.